The number of aryl methyl sites for hydroxylation is 2. The van der Waals surface area contributed by atoms with Crippen LogP contribution in [0.3, 0.4) is 0 Å². The number of para-hydroxylation sites is 2. The standard InChI is InChI=1S/C38H26F3N3/c1-23-11-14-34-28(19-23)26-7-3-5-9-32(26)43(34)36-16-13-25(38(39,40)41)21-30(36)31-22-42-18-17-37(31)44-33-10-6-4-8-27(33)29-20-24(2)12-15-35(29)44/h3-22H,1-2H3. The summed E-state index contributed by atoms with van der Waals surface area (Å²) >= 11 is 0. The van der Waals surface area contributed by atoms with Crippen LogP contribution in [0.5, 0.6) is 0 Å². The maximum absolute atomic E-state index is 14.3. The Bertz CT molecular complexity index is 2410. The summed E-state index contributed by atoms with van der Waals surface area (Å²) in [6, 6.07) is 34.6. The number of nitrogens with zero attached hydrogens (tertiary/aromatic N) is 3. The van der Waals surface area contributed by atoms with Crippen LogP contribution in [0.2, 0.25) is 0 Å². The van der Waals surface area contributed by atoms with Crippen molar-refractivity contribution in [2.45, 2.75) is 20.0 Å². The molecule has 3 nitrogen and oxygen atoms in total. The van der Waals surface area contributed by atoms with Gasteiger partial charge < -0.3 is 9.13 Å². The summed E-state index contributed by atoms with van der Waals surface area (Å²) in [4.78, 5) is 4.45. The lowest BCUT2D eigenvalue weighted by atomic mass is 9.99. The molecule has 0 N–H and O–H groups in total. The van der Waals surface area contributed by atoms with Crippen molar-refractivity contribution in [2.24, 2.45) is 0 Å². The molecule has 0 bridgehead atoms. The molecule has 8 aromatic rings. The largest absolute Gasteiger partial charge is 0.416 e. The van der Waals surface area contributed by atoms with E-state index in [-0.39, 0.29) is 0 Å². The van der Waals surface area contributed by atoms with Gasteiger partial charge in [-0.15, -0.1) is 0 Å². The monoisotopic (exact) mass is 581 g/mol. The van der Waals surface area contributed by atoms with Gasteiger partial charge in [-0.3, -0.25) is 4.98 Å². The molecule has 214 valence electrons. The molecule has 5 aromatic carbocycles. The molecular formula is C38H26F3N3. The molecule has 0 saturated carbocycles. The van der Waals surface area contributed by atoms with E-state index in [2.05, 4.69) is 63.5 Å². The van der Waals surface area contributed by atoms with Crippen LogP contribution in [0.15, 0.2) is 122 Å². The van der Waals surface area contributed by atoms with E-state index in [1.807, 2.05) is 55.5 Å². The summed E-state index contributed by atoms with van der Waals surface area (Å²) in [6.07, 6.45) is -1.14. The number of alkyl halides is 3. The van der Waals surface area contributed by atoms with Gasteiger partial charge in [0.1, 0.15) is 0 Å². The van der Waals surface area contributed by atoms with Crippen LogP contribution in [-0.2, 0) is 6.18 Å². The van der Waals surface area contributed by atoms with Gasteiger partial charge in [-0.25, -0.2) is 0 Å². The number of aromatic nitrogens is 3. The summed E-state index contributed by atoms with van der Waals surface area (Å²) in [5.41, 5.74) is 7.81. The van der Waals surface area contributed by atoms with Gasteiger partial charge in [-0.1, -0.05) is 59.7 Å². The zero-order valence-corrected chi connectivity index (χ0v) is 24.0. The molecule has 0 aliphatic heterocycles. The fourth-order valence-electron chi connectivity index (χ4n) is 6.61. The summed E-state index contributed by atoms with van der Waals surface area (Å²) in [6.45, 7) is 4.11. The summed E-state index contributed by atoms with van der Waals surface area (Å²) in [7, 11) is 0. The highest BCUT2D eigenvalue weighted by molar-refractivity contribution is 6.11. The lowest BCUT2D eigenvalue weighted by molar-refractivity contribution is -0.137. The molecule has 44 heavy (non-hydrogen) atoms. The van der Waals surface area contributed by atoms with Crippen LogP contribution in [0.4, 0.5) is 13.2 Å². The molecule has 0 aliphatic rings. The van der Waals surface area contributed by atoms with E-state index in [4.69, 9.17) is 0 Å². The number of hydrogen-bond acceptors (Lipinski definition) is 1. The fraction of sp³-hybridized carbons (Fsp3) is 0.0789. The molecule has 6 heteroatoms. The van der Waals surface area contributed by atoms with Gasteiger partial charge in [0.05, 0.1) is 39.0 Å². The lowest BCUT2D eigenvalue weighted by Crippen LogP contribution is -2.08. The van der Waals surface area contributed by atoms with Crippen LogP contribution in [-0.4, -0.2) is 14.1 Å². The predicted octanol–water partition coefficient (Wildman–Crippen LogP) is 10.6. The number of benzene rings is 5. The number of rotatable bonds is 3. The van der Waals surface area contributed by atoms with Gasteiger partial charge in [-0.2, -0.15) is 13.2 Å². The summed E-state index contributed by atoms with van der Waals surface area (Å²) in [5, 5.41) is 4.26. The zero-order valence-electron chi connectivity index (χ0n) is 24.0. The Morgan fingerprint density at radius 2 is 1.05 bits per heavy atom. The molecule has 0 spiro atoms. The molecule has 0 radical (unpaired) electrons. The van der Waals surface area contributed by atoms with Crippen LogP contribution in [0, 0.1) is 13.8 Å². The normalized spacial score (nSPS) is 12.2. The number of halogens is 3. The van der Waals surface area contributed by atoms with E-state index < -0.39 is 11.7 Å². The number of hydrogen-bond donors (Lipinski definition) is 0. The van der Waals surface area contributed by atoms with E-state index in [9.17, 15) is 13.2 Å². The Morgan fingerprint density at radius 3 is 1.61 bits per heavy atom. The van der Waals surface area contributed by atoms with Gasteiger partial charge in [0.2, 0.25) is 0 Å². The maximum Gasteiger partial charge on any atom is 0.416 e. The highest BCUT2D eigenvalue weighted by atomic mass is 19.4. The second kappa shape index (κ2) is 9.58. The highest BCUT2D eigenvalue weighted by Crippen LogP contribution is 2.42. The number of pyridine rings is 1. The predicted molar refractivity (Wildman–Crippen MR) is 173 cm³/mol. The summed E-state index contributed by atoms with van der Waals surface area (Å²) < 4.78 is 47.1. The first-order chi connectivity index (χ1) is 21.3. The van der Waals surface area contributed by atoms with Gasteiger partial charge in [-0.05, 0) is 74.5 Å². The van der Waals surface area contributed by atoms with Gasteiger partial charge >= 0.3 is 6.18 Å². The average molecular weight is 582 g/mol. The molecule has 8 rings (SSSR count). The third kappa shape index (κ3) is 3.94. The molecule has 0 unspecified atom stereocenters. The molecule has 3 aromatic heterocycles. The van der Waals surface area contributed by atoms with Gasteiger partial charge in [0.15, 0.2) is 0 Å². The van der Waals surface area contributed by atoms with E-state index in [1.54, 1.807) is 18.5 Å². The Hall–Kier alpha value is -5.36. The van der Waals surface area contributed by atoms with E-state index >= 15 is 0 Å². The van der Waals surface area contributed by atoms with Gasteiger partial charge in [0, 0.05) is 45.1 Å². The van der Waals surface area contributed by atoms with Crippen LogP contribution < -0.4 is 0 Å². The van der Waals surface area contributed by atoms with E-state index in [0.717, 1.165) is 60.4 Å². The maximum atomic E-state index is 14.3. The second-order valence-electron chi connectivity index (χ2n) is 11.4. The molecule has 0 saturated heterocycles. The van der Waals surface area contributed by atoms with E-state index in [0.29, 0.717) is 16.8 Å². The molecule has 0 atom stereocenters. The van der Waals surface area contributed by atoms with Crippen molar-refractivity contribution in [3.05, 3.63) is 138 Å². The first kappa shape index (κ1) is 26.3. The molecule has 3 heterocycles. The highest BCUT2D eigenvalue weighted by Gasteiger charge is 2.32. The first-order valence-corrected chi connectivity index (χ1v) is 14.5. The summed E-state index contributed by atoms with van der Waals surface area (Å²) in [5.74, 6) is 0. The Morgan fingerprint density at radius 1 is 0.523 bits per heavy atom. The van der Waals surface area contributed by atoms with Crippen LogP contribution >= 0.6 is 0 Å². The molecular weight excluding hydrogens is 555 g/mol. The van der Waals surface area contributed by atoms with Crippen LogP contribution in [0.1, 0.15) is 16.7 Å². The van der Waals surface area contributed by atoms with Crippen LogP contribution in [0.25, 0.3) is 66.1 Å². The molecule has 0 amide bonds. The molecule has 0 fully saturated rings. The van der Waals surface area contributed by atoms with Crippen molar-refractivity contribution in [3.8, 4) is 22.5 Å². The van der Waals surface area contributed by atoms with Crippen molar-refractivity contribution in [2.75, 3.05) is 0 Å². The average Bonchev–Trinajstić information content (AvgIpc) is 3.52. The molecule has 0 aliphatic carbocycles. The van der Waals surface area contributed by atoms with Crippen molar-refractivity contribution in [3.63, 3.8) is 0 Å². The minimum Gasteiger partial charge on any atom is -0.309 e. The minimum absolute atomic E-state index is 0.448. The van der Waals surface area contributed by atoms with Crippen molar-refractivity contribution >= 4 is 43.6 Å². The van der Waals surface area contributed by atoms with Crippen molar-refractivity contribution in [1.29, 1.82) is 0 Å². The fourth-order valence-corrected chi connectivity index (χ4v) is 6.61. The zero-order chi connectivity index (χ0) is 30.2. The Labute approximate surface area is 251 Å². The Balaban J connectivity index is 1.50. The minimum atomic E-state index is -4.52. The Kier molecular flexibility index (Phi) is 5.72. The third-order valence-electron chi connectivity index (χ3n) is 8.55. The topological polar surface area (TPSA) is 22.8 Å². The second-order valence-corrected chi connectivity index (χ2v) is 11.4. The van der Waals surface area contributed by atoms with Crippen molar-refractivity contribution < 1.29 is 13.2 Å². The van der Waals surface area contributed by atoms with Crippen molar-refractivity contribution in [1.82, 2.24) is 14.1 Å². The van der Waals surface area contributed by atoms with E-state index in [1.165, 1.54) is 12.1 Å². The smallest absolute Gasteiger partial charge is 0.309 e. The first-order valence-electron chi connectivity index (χ1n) is 14.5. The SMILES string of the molecule is Cc1ccc2c(c1)c1ccccc1n2-c1ccncc1-c1cc(C(F)(F)F)ccc1-n1c2ccccc2c2cc(C)ccc21. The van der Waals surface area contributed by atoms with Gasteiger partial charge in [0.25, 0.3) is 0 Å². The lowest BCUT2D eigenvalue weighted by Gasteiger charge is -2.19. The number of fused-ring (bicyclic) bond motifs is 6. The third-order valence-corrected chi connectivity index (χ3v) is 8.55. The quantitative estimate of drug-likeness (QED) is 0.204.